The third-order valence-electron chi connectivity index (χ3n) is 3.19. The van der Waals surface area contributed by atoms with Crippen LogP contribution in [0.15, 0.2) is 18.5 Å². The van der Waals surface area contributed by atoms with Crippen molar-refractivity contribution in [1.82, 2.24) is 10.3 Å². The van der Waals surface area contributed by atoms with Crippen LogP contribution in [0.3, 0.4) is 0 Å². The molecule has 0 spiro atoms. The van der Waals surface area contributed by atoms with E-state index in [-0.39, 0.29) is 17.5 Å². The van der Waals surface area contributed by atoms with Crippen LogP contribution in [0.1, 0.15) is 36.9 Å². The summed E-state index contributed by atoms with van der Waals surface area (Å²) in [5.74, 6) is 0.490. The van der Waals surface area contributed by atoms with E-state index < -0.39 is 9.84 Å². The maximum Gasteiger partial charge on any atom is 0.150 e. The van der Waals surface area contributed by atoms with E-state index in [1.807, 2.05) is 26.2 Å². The second-order valence-corrected chi connectivity index (χ2v) is 6.92. The van der Waals surface area contributed by atoms with Gasteiger partial charge in [-0.3, -0.25) is 4.98 Å². The van der Waals surface area contributed by atoms with Crippen molar-refractivity contribution in [2.24, 2.45) is 0 Å². The van der Waals surface area contributed by atoms with Crippen molar-refractivity contribution < 1.29 is 8.42 Å². The number of hydrogen-bond donors (Lipinski definition) is 1. The first-order chi connectivity index (χ1) is 8.50. The Balaban J connectivity index is 2.61. The summed E-state index contributed by atoms with van der Waals surface area (Å²) >= 11 is 0. The molecule has 0 aromatic carbocycles. The molecule has 0 bridgehead atoms. The van der Waals surface area contributed by atoms with E-state index in [9.17, 15) is 8.42 Å². The molecule has 1 rings (SSSR count). The molecule has 0 saturated carbocycles. The lowest BCUT2D eigenvalue weighted by Gasteiger charge is -2.18. The van der Waals surface area contributed by atoms with Gasteiger partial charge in [-0.1, -0.05) is 6.92 Å². The van der Waals surface area contributed by atoms with Crippen molar-refractivity contribution in [2.45, 2.75) is 32.7 Å². The van der Waals surface area contributed by atoms with E-state index in [2.05, 4.69) is 10.3 Å². The van der Waals surface area contributed by atoms with Gasteiger partial charge in [-0.15, -0.1) is 0 Å². The Hall–Kier alpha value is -0.940. The predicted molar refractivity (Wildman–Crippen MR) is 74.3 cm³/mol. The molecular formula is C13H22N2O2S. The summed E-state index contributed by atoms with van der Waals surface area (Å²) in [7, 11) is -0.965. The number of aromatic nitrogens is 1. The molecule has 1 unspecified atom stereocenters. The molecule has 1 aromatic rings. The molecule has 0 saturated heterocycles. The van der Waals surface area contributed by atoms with Gasteiger partial charge >= 0.3 is 0 Å². The number of pyridine rings is 1. The molecule has 0 aliphatic carbocycles. The van der Waals surface area contributed by atoms with Crippen molar-refractivity contribution in [3.05, 3.63) is 29.6 Å². The molecule has 1 aromatic heterocycles. The Morgan fingerprint density at radius 3 is 2.72 bits per heavy atom. The number of rotatable bonds is 7. The lowest BCUT2D eigenvalue weighted by molar-refractivity contribution is 0.532. The Bertz CT molecular complexity index is 472. The molecule has 0 aliphatic rings. The number of nitrogens with one attached hydrogen (secondary N) is 1. The Kier molecular flexibility index (Phi) is 5.75. The summed E-state index contributed by atoms with van der Waals surface area (Å²) in [6, 6.07) is 2.15. The summed E-state index contributed by atoms with van der Waals surface area (Å²) in [6.07, 6.45) is 5.11. The van der Waals surface area contributed by atoms with Crippen LogP contribution in [-0.2, 0) is 9.84 Å². The highest BCUT2D eigenvalue weighted by Crippen LogP contribution is 2.20. The minimum absolute atomic E-state index is 0.172. The molecule has 5 heteroatoms. The minimum Gasteiger partial charge on any atom is -0.313 e. The summed E-state index contributed by atoms with van der Waals surface area (Å²) in [6.45, 7) is 3.74. The van der Waals surface area contributed by atoms with Crippen molar-refractivity contribution in [3.8, 4) is 0 Å². The fraction of sp³-hybridized carbons (Fsp3) is 0.615. The molecule has 1 heterocycles. The van der Waals surface area contributed by atoms with Gasteiger partial charge in [-0.25, -0.2) is 8.42 Å². The Morgan fingerprint density at radius 2 is 2.17 bits per heavy atom. The van der Waals surface area contributed by atoms with Gasteiger partial charge in [0.1, 0.15) is 9.84 Å². The van der Waals surface area contributed by atoms with Gasteiger partial charge < -0.3 is 5.32 Å². The van der Waals surface area contributed by atoms with Crippen LogP contribution in [0.5, 0.6) is 0 Å². The summed E-state index contributed by atoms with van der Waals surface area (Å²) in [5.41, 5.74) is 2.33. The van der Waals surface area contributed by atoms with Crippen LogP contribution < -0.4 is 5.32 Å². The number of nitrogens with zero attached hydrogens (tertiary/aromatic N) is 1. The second-order valence-electron chi connectivity index (χ2n) is 4.45. The van der Waals surface area contributed by atoms with Crippen molar-refractivity contribution >= 4 is 9.84 Å². The maximum atomic E-state index is 11.4. The fourth-order valence-electron chi connectivity index (χ4n) is 1.95. The van der Waals surface area contributed by atoms with E-state index in [1.54, 1.807) is 13.1 Å². The standard InChI is InChI=1S/C13H22N2O2S/c1-4-18(16,17)9-5-6-13(14-3)12-10-15-8-7-11(12)2/h7-8,10,13-14H,4-6,9H2,1-3H3. The third kappa shape index (κ3) is 4.38. The van der Waals surface area contributed by atoms with Gasteiger partial charge in [-0.05, 0) is 44.0 Å². The maximum absolute atomic E-state index is 11.4. The molecular weight excluding hydrogens is 248 g/mol. The highest BCUT2D eigenvalue weighted by Gasteiger charge is 2.14. The van der Waals surface area contributed by atoms with E-state index >= 15 is 0 Å². The van der Waals surface area contributed by atoms with Crippen LogP contribution in [0.25, 0.3) is 0 Å². The average Bonchev–Trinajstić information content (AvgIpc) is 2.36. The van der Waals surface area contributed by atoms with E-state index in [0.717, 1.165) is 12.0 Å². The highest BCUT2D eigenvalue weighted by atomic mass is 32.2. The zero-order valence-corrected chi connectivity index (χ0v) is 12.1. The smallest absolute Gasteiger partial charge is 0.150 e. The van der Waals surface area contributed by atoms with Crippen LogP contribution >= 0.6 is 0 Å². The van der Waals surface area contributed by atoms with Gasteiger partial charge in [0.25, 0.3) is 0 Å². The molecule has 0 amide bonds. The van der Waals surface area contributed by atoms with Gasteiger partial charge in [0, 0.05) is 24.2 Å². The topological polar surface area (TPSA) is 59.1 Å². The van der Waals surface area contributed by atoms with Crippen LogP contribution in [0.2, 0.25) is 0 Å². The van der Waals surface area contributed by atoms with Crippen molar-refractivity contribution in [2.75, 3.05) is 18.6 Å². The van der Waals surface area contributed by atoms with E-state index in [0.29, 0.717) is 6.42 Å². The molecule has 1 atom stereocenters. The van der Waals surface area contributed by atoms with Gasteiger partial charge in [-0.2, -0.15) is 0 Å². The molecule has 18 heavy (non-hydrogen) atoms. The first-order valence-corrected chi connectivity index (χ1v) is 8.10. The number of aryl methyl sites for hydroxylation is 1. The Labute approximate surface area is 110 Å². The lowest BCUT2D eigenvalue weighted by atomic mass is 10.0. The first kappa shape index (κ1) is 15.1. The highest BCUT2D eigenvalue weighted by molar-refractivity contribution is 7.91. The monoisotopic (exact) mass is 270 g/mol. The average molecular weight is 270 g/mol. The molecule has 0 aliphatic heterocycles. The zero-order valence-electron chi connectivity index (χ0n) is 11.3. The molecule has 102 valence electrons. The third-order valence-corrected chi connectivity index (χ3v) is 4.98. The lowest BCUT2D eigenvalue weighted by Crippen LogP contribution is -2.19. The van der Waals surface area contributed by atoms with E-state index in [4.69, 9.17) is 0 Å². The van der Waals surface area contributed by atoms with E-state index in [1.165, 1.54) is 5.56 Å². The van der Waals surface area contributed by atoms with Crippen LogP contribution in [0.4, 0.5) is 0 Å². The van der Waals surface area contributed by atoms with Gasteiger partial charge in [0.2, 0.25) is 0 Å². The van der Waals surface area contributed by atoms with Crippen molar-refractivity contribution in [1.29, 1.82) is 0 Å². The zero-order chi connectivity index (χ0) is 13.6. The fourth-order valence-corrected chi connectivity index (χ4v) is 2.84. The predicted octanol–water partition coefficient (Wildman–Crippen LogP) is 1.87. The number of hydrogen-bond acceptors (Lipinski definition) is 4. The van der Waals surface area contributed by atoms with Crippen LogP contribution in [-0.4, -0.2) is 32.0 Å². The quantitative estimate of drug-likeness (QED) is 0.821. The normalized spacial score (nSPS) is 13.5. The van der Waals surface area contributed by atoms with Gasteiger partial charge in [0.05, 0.1) is 5.75 Å². The van der Waals surface area contributed by atoms with Crippen molar-refractivity contribution in [3.63, 3.8) is 0 Å². The molecule has 0 radical (unpaired) electrons. The molecule has 0 fully saturated rings. The molecule has 4 nitrogen and oxygen atoms in total. The summed E-state index contributed by atoms with van der Waals surface area (Å²) in [5, 5.41) is 3.23. The van der Waals surface area contributed by atoms with Crippen LogP contribution in [0, 0.1) is 6.92 Å². The second kappa shape index (κ2) is 6.85. The summed E-state index contributed by atoms with van der Waals surface area (Å²) in [4.78, 5) is 4.13. The first-order valence-electron chi connectivity index (χ1n) is 6.28. The summed E-state index contributed by atoms with van der Waals surface area (Å²) < 4.78 is 22.9. The minimum atomic E-state index is -2.86. The SMILES string of the molecule is CCS(=O)(=O)CCCC(NC)c1cnccc1C. The Morgan fingerprint density at radius 1 is 1.44 bits per heavy atom. The number of sulfone groups is 1. The van der Waals surface area contributed by atoms with Gasteiger partial charge in [0.15, 0.2) is 0 Å². The molecule has 1 N–H and O–H groups in total. The largest absolute Gasteiger partial charge is 0.313 e.